The summed E-state index contributed by atoms with van der Waals surface area (Å²) in [5.41, 5.74) is 4.47. The molecule has 0 atom stereocenters. The summed E-state index contributed by atoms with van der Waals surface area (Å²) in [6.07, 6.45) is 5.52. The lowest BCUT2D eigenvalue weighted by molar-refractivity contribution is -0.113. The van der Waals surface area contributed by atoms with E-state index in [2.05, 4.69) is 22.5 Å². The first-order valence-corrected chi connectivity index (χ1v) is 11.4. The van der Waals surface area contributed by atoms with Crippen molar-refractivity contribution in [3.05, 3.63) is 71.5 Å². The van der Waals surface area contributed by atoms with Crippen molar-refractivity contribution in [3.8, 4) is 5.69 Å². The van der Waals surface area contributed by atoms with Gasteiger partial charge in [-0.3, -0.25) is 14.2 Å². The lowest BCUT2D eigenvalue weighted by Crippen LogP contribution is -2.24. The fourth-order valence-electron chi connectivity index (χ4n) is 3.07. The lowest BCUT2D eigenvalue weighted by atomic mass is 10.1. The molecule has 6 nitrogen and oxygen atoms in total. The number of anilines is 1. The molecule has 2 amide bonds. The highest BCUT2D eigenvalue weighted by molar-refractivity contribution is 7.99. The van der Waals surface area contributed by atoms with Crippen molar-refractivity contribution in [2.45, 2.75) is 38.8 Å². The molecule has 0 fully saturated rings. The molecule has 0 radical (unpaired) electrons. The maximum Gasteiger partial charge on any atom is 0.251 e. The van der Waals surface area contributed by atoms with Gasteiger partial charge in [0.2, 0.25) is 5.91 Å². The number of hydrogen-bond donors (Lipinski definition) is 2. The van der Waals surface area contributed by atoms with E-state index in [4.69, 9.17) is 0 Å². The summed E-state index contributed by atoms with van der Waals surface area (Å²) >= 11 is 1.36. The van der Waals surface area contributed by atoms with E-state index < -0.39 is 0 Å². The molecule has 1 heterocycles. The van der Waals surface area contributed by atoms with E-state index in [1.807, 2.05) is 61.0 Å². The Labute approximate surface area is 187 Å². The summed E-state index contributed by atoms with van der Waals surface area (Å²) in [7, 11) is 0. The minimum absolute atomic E-state index is 0.0856. The number of aromatic nitrogens is 2. The molecular formula is C24H28N4O2S. The van der Waals surface area contributed by atoms with Gasteiger partial charge in [0, 0.05) is 35.9 Å². The smallest absolute Gasteiger partial charge is 0.251 e. The summed E-state index contributed by atoms with van der Waals surface area (Å²) < 4.78 is 1.89. The molecule has 162 valence electrons. The van der Waals surface area contributed by atoms with E-state index in [1.165, 1.54) is 11.8 Å². The normalized spacial score (nSPS) is 10.7. The molecule has 2 aromatic carbocycles. The van der Waals surface area contributed by atoms with Gasteiger partial charge in [-0.1, -0.05) is 43.3 Å². The predicted octanol–water partition coefficient (Wildman–Crippen LogP) is 4.75. The number of nitrogens with one attached hydrogen (secondary N) is 2. The molecule has 0 saturated carbocycles. The molecule has 3 rings (SSSR count). The van der Waals surface area contributed by atoms with Crippen molar-refractivity contribution >= 4 is 29.3 Å². The second kappa shape index (κ2) is 10.8. The van der Waals surface area contributed by atoms with Crippen molar-refractivity contribution in [2.75, 3.05) is 17.6 Å². The summed E-state index contributed by atoms with van der Waals surface area (Å²) in [6, 6.07) is 13.3. The van der Waals surface area contributed by atoms with Crippen LogP contribution in [0.4, 0.5) is 5.69 Å². The molecule has 31 heavy (non-hydrogen) atoms. The van der Waals surface area contributed by atoms with Crippen LogP contribution >= 0.6 is 11.8 Å². The first kappa shape index (κ1) is 22.6. The van der Waals surface area contributed by atoms with Gasteiger partial charge in [-0.2, -0.15) is 0 Å². The van der Waals surface area contributed by atoms with Gasteiger partial charge < -0.3 is 10.6 Å². The highest BCUT2D eigenvalue weighted by Crippen LogP contribution is 2.23. The Morgan fingerprint density at radius 2 is 1.94 bits per heavy atom. The Kier molecular flexibility index (Phi) is 7.89. The van der Waals surface area contributed by atoms with Crippen LogP contribution in [0.1, 0.15) is 41.3 Å². The van der Waals surface area contributed by atoms with E-state index in [-0.39, 0.29) is 17.6 Å². The first-order valence-electron chi connectivity index (χ1n) is 10.4. The van der Waals surface area contributed by atoms with Gasteiger partial charge in [0.05, 0.1) is 5.75 Å². The van der Waals surface area contributed by atoms with Crippen molar-refractivity contribution in [3.63, 3.8) is 0 Å². The number of aryl methyl sites for hydroxylation is 1. The lowest BCUT2D eigenvalue weighted by Gasteiger charge is -2.11. The summed E-state index contributed by atoms with van der Waals surface area (Å²) in [6.45, 7) is 6.78. The van der Waals surface area contributed by atoms with Crippen LogP contribution in [-0.2, 0) is 4.79 Å². The largest absolute Gasteiger partial charge is 0.352 e. The van der Waals surface area contributed by atoms with Crippen molar-refractivity contribution in [1.82, 2.24) is 14.9 Å². The fraction of sp³-hybridized carbons (Fsp3) is 0.292. The van der Waals surface area contributed by atoms with Crippen LogP contribution in [0, 0.1) is 13.8 Å². The van der Waals surface area contributed by atoms with Crippen LogP contribution < -0.4 is 10.6 Å². The molecule has 0 unspecified atom stereocenters. The topological polar surface area (TPSA) is 76.0 Å². The number of imidazole rings is 1. The van der Waals surface area contributed by atoms with Gasteiger partial charge in [0.1, 0.15) is 0 Å². The van der Waals surface area contributed by atoms with E-state index >= 15 is 0 Å². The first-order chi connectivity index (χ1) is 15.0. The molecule has 0 aliphatic heterocycles. The molecule has 7 heteroatoms. The van der Waals surface area contributed by atoms with Crippen molar-refractivity contribution in [1.29, 1.82) is 0 Å². The number of unbranched alkanes of at least 4 members (excludes halogenated alkanes) is 1. The third kappa shape index (κ3) is 5.98. The molecule has 0 aliphatic carbocycles. The number of thioether (sulfide) groups is 1. The highest BCUT2D eigenvalue weighted by Gasteiger charge is 2.12. The van der Waals surface area contributed by atoms with Crippen molar-refractivity contribution in [2.24, 2.45) is 0 Å². The van der Waals surface area contributed by atoms with Crippen LogP contribution in [0.3, 0.4) is 0 Å². The average Bonchev–Trinajstić information content (AvgIpc) is 3.24. The number of amides is 2. The zero-order valence-corrected chi connectivity index (χ0v) is 19.0. The monoisotopic (exact) mass is 436 g/mol. The number of carbonyl (C=O) groups is 2. The van der Waals surface area contributed by atoms with E-state index in [0.29, 0.717) is 17.3 Å². The maximum absolute atomic E-state index is 12.5. The highest BCUT2D eigenvalue weighted by atomic mass is 32.2. The zero-order valence-electron chi connectivity index (χ0n) is 18.1. The quantitative estimate of drug-likeness (QED) is 0.375. The van der Waals surface area contributed by atoms with Gasteiger partial charge in [0.25, 0.3) is 5.91 Å². The van der Waals surface area contributed by atoms with E-state index in [9.17, 15) is 9.59 Å². The van der Waals surface area contributed by atoms with Crippen molar-refractivity contribution < 1.29 is 9.59 Å². The molecule has 0 spiro atoms. The summed E-state index contributed by atoms with van der Waals surface area (Å²) in [5, 5.41) is 6.60. The Hall–Kier alpha value is -3.06. The molecule has 0 aliphatic rings. The van der Waals surface area contributed by atoms with E-state index in [1.54, 1.807) is 12.3 Å². The number of hydrogen-bond acceptors (Lipinski definition) is 4. The Morgan fingerprint density at radius 3 is 2.74 bits per heavy atom. The van der Waals surface area contributed by atoms with E-state index in [0.717, 1.165) is 35.3 Å². The van der Waals surface area contributed by atoms with Crippen LogP contribution in [-0.4, -0.2) is 33.7 Å². The molecular weight excluding hydrogens is 408 g/mol. The van der Waals surface area contributed by atoms with Gasteiger partial charge in [-0.25, -0.2) is 4.98 Å². The molecule has 2 N–H and O–H groups in total. The number of rotatable bonds is 9. The minimum atomic E-state index is -0.0858. The van der Waals surface area contributed by atoms with Crippen LogP contribution in [0.25, 0.3) is 5.69 Å². The molecule has 1 aromatic heterocycles. The summed E-state index contributed by atoms with van der Waals surface area (Å²) in [4.78, 5) is 29.2. The molecule has 3 aromatic rings. The van der Waals surface area contributed by atoms with Crippen LogP contribution in [0.2, 0.25) is 0 Å². The minimum Gasteiger partial charge on any atom is -0.352 e. The number of nitrogens with zero attached hydrogens (tertiary/aromatic N) is 2. The third-order valence-corrected chi connectivity index (χ3v) is 5.99. The molecule has 0 bridgehead atoms. The standard InChI is InChI=1S/C24H28N4O2S/c1-4-5-12-25-23(30)19-9-7-10-20(15-19)28-14-13-26-24(28)31-16-22(29)27-21-11-6-8-17(2)18(21)3/h6-11,13-15H,4-5,12,16H2,1-3H3,(H,25,30)(H,27,29). The SMILES string of the molecule is CCCCNC(=O)c1cccc(-n2ccnc2SCC(=O)Nc2cccc(C)c2C)c1. The van der Waals surface area contributed by atoms with Crippen LogP contribution in [0.5, 0.6) is 0 Å². The number of carbonyl (C=O) groups excluding carboxylic acids is 2. The van der Waals surface area contributed by atoms with Gasteiger partial charge in [0.15, 0.2) is 5.16 Å². The van der Waals surface area contributed by atoms with Crippen LogP contribution in [0.15, 0.2) is 60.0 Å². The number of benzene rings is 2. The molecule has 0 saturated heterocycles. The van der Waals surface area contributed by atoms with Gasteiger partial charge in [-0.15, -0.1) is 0 Å². The van der Waals surface area contributed by atoms with Gasteiger partial charge in [-0.05, 0) is 55.7 Å². The predicted molar refractivity (Wildman–Crippen MR) is 126 cm³/mol. The second-order valence-corrected chi connectivity index (χ2v) is 8.27. The third-order valence-electron chi connectivity index (χ3n) is 5.02. The fourth-order valence-corrected chi connectivity index (χ4v) is 3.85. The van der Waals surface area contributed by atoms with Gasteiger partial charge >= 0.3 is 0 Å². The second-order valence-electron chi connectivity index (χ2n) is 7.32. The average molecular weight is 437 g/mol. The summed E-state index contributed by atoms with van der Waals surface area (Å²) in [5.74, 6) is 0.0662. The zero-order chi connectivity index (χ0) is 22.2. The Morgan fingerprint density at radius 1 is 1.13 bits per heavy atom. The Balaban J connectivity index is 1.66. The Bertz CT molecular complexity index is 1060. The maximum atomic E-state index is 12.5.